The standard InChI is InChI=1S/C13H16ClNO6S/c1-20-10-7-9(14)3-4-11(10)22(18,19)15-6-5-13(8-15,21-2)12(16)17/h3-4,7H,5-6,8H2,1-2H3,(H,16,17). The fraction of sp³-hybridized carbons (Fsp3) is 0.462. The third kappa shape index (κ3) is 2.79. The van der Waals surface area contributed by atoms with Crippen molar-refractivity contribution in [2.24, 2.45) is 0 Å². The third-order valence-electron chi connectivity index (χ3n) is 3.72. The molecule has 1 heterocycles. The fourth-order valence-electron chi connectivity index (χ4n) is 2.38. The number of methoxy groups -OCH3 is 2. The number of sulfonamides is 1. The lowest BCUT2D eigenvalue weighted by molar-refractivity contribution is -0.160. The molecule has 1 aliphatic rings. The molecule has 0 radical (unpaired) electrons. The number of benzene rings is 1. The van der Waals surface area contributed by atoms with Crippen LogP contribution in [-0.2, 0) is 19.6 Å². The van der Waals surface area contributed by atoms with Crippen LogP contribution in [0.15, 0.2) is 23.1 Å². The summed E-state index contributed by atoms with van der Waals surface area (Å²) in [7, 11) is -1.31. The zero-order valence-electron chi connectivity index (χ0n) is 12.1. The van der Waals surface area contributed by atoms with Crippen molar-refractivity contribution in [1.82, 2.24) is 4.31 Å². The van der Waals surface area contributed by atoms with Crippen LogP contribution in [0, 0.1) is 0 Å². The minimum absolute atomic E-state index is 0.0499. The molecular formula is C13H16ClNO6S. The topological polar surface area (TPSA) is 93.1 Å². The minimum Gasteiger partial charge on any atom is -0.495 e. The molecule has 0 amide bonds. The van der Waals surface area contributed by atoms with Gasteiger partial charge in [-0.15, -0.1) is 0 Å². The van der Waals surface area contributed by atoms with Crippen molar-refractivity contribution in [3.63, 3.8) is 0 Å². The molecule has 2 rings (SSSR count). The molecule has 22 heavy (non-hydrogen) atoms. The molecule has 0 bridgehead atoms. The van der Waals surface area contributed by atoms with Gasteiger partial charge >= 0.3 is 5.97 Å². The maximum absolute atomic E-state index is 12.7. The van der Waals surface area contributed by atoms with E-state index in [0.717, 1.165) is 4.31 Å². The van der Waals surface area contributed by atoms with Crippen molar-refractivity contribution < 1.29 is 27.8 Å². The first-order valence-electron chi connectivity index (χ1n) is 6.39. The van der Waals surface area contributed by atoms with Crippen molar-refractivity contribution in [2.75, 3.05) is 27.3 Å². The van der Waals surface area contributed by atoms with Gasteiger partial charge in [0.25, 0.3) is 0 Å². The second kappa shape index (κ2) is 6.04. The lowest BCUT2D eigenvalue weighted by Crippen LogP contribution is -2.44. The number of halogens is 1. The first-order valence-corrected chi connectivity index (χ1v) is 8.21. The molecule has 7 nitrogen and oxygen atoms in total. The Morgan fingerprint density at radius 2 is 2.09 bits per heavy atom. The van der Waals surface area contributed by atoms with Gasteiger partial charge in [-0.2, -0.15) is 4.31 Å². The summed E-state index contributed by atoms with van der Waals surface area (Å²) < 4.78 is 36.6. The van der Waals surface area contributed by atoms with E-state index in [9.17, 15) is 18.3 Å². The van der Waals surface area contributed by atoms with Gasteiger partial charge in [0.15, 0.2) is 5.60 Å². The number of nitrogens with zero attached hydrogens (tertiary/aromatic N) is 1. The Bertz CT molecular complexity index is 692. The van der Waals surface area contributed by atoms with E-state index in [4.69, 9.17) is 21.1 Å². The van der Waals surface area contributed by atoms with Gasteiger partial charge in [0.05, 0.1) is 13.7 Å². The Labute approximate surface area is 133 Å². The maximum Gasteiger partial charge on any atom is 0.337 e. The number of carboxylic acids is 1. The van der Waals surface area contributed by atoms with Crippen LogP contribution in [-0.4, -0.2) is 56.7 Å². The SMILES string of the molecule is COc1cc(Cl)ccc1S(=O)(=O)N1CCC(OC)(C(=O)O)C1. The molecular weight excluding hydrogens is 334 g/mol. The number of aliphatic carboxylic acids is 1. The van der Waals surface area contributed by atoms with Crippen molar-refractivity contribution in [1.29, 1.82) is 0 Å². The molecule has 1 aliphatic heterocycles. The summed E-state index contributed by atoms with van der Waals surface area (Å²) in [6.45, 7) is -0.207. The van der Waals surface area contributed by atoms with Crippen molar-refractivity contribution in [3.05, 3.63) is 23.2 Å². The monoisotopic (exact) mass is 349 g/mol. The largest absolute Gasteiger partial charge is 0.495 e. The summed E-state index contributed by atoms with van der Waals surface area (Å²) in [5, 5.41) is 9.61. The highest BCUT2D eigenvalue weighted by molar-refractivity contribution is 7.89. The summed E-state index contributed by atoms with van der Waals surface area (Å²) >= 11 is 5.83. The summed E-state index contributed by atoms with van der Waals surface area (Å²) in [4.78, 5) is 11.3. The van der Waals surface area contributed by atoms with Gasteiger partial charge in [-0.3, -0.25) is 0 Å². The molecule has 1 aromatic carbocycles. The van der Waals surface area contributed by atoms with E-state index in [2.05, 4.69) is 0 Å². The molecule has 0 saturated carbocycles. The number of hydrogen-bond donors (Lipinski definition) is 1. The molecule has 9 heteroatoms. The van der Waals surface area contributed by atoms with E-state index in [-0.39, 0.29) is 30.2 Å². The second-order valence-electron chi connectivity index (χ2n) is 4.89. The average Bonchev–Trinajstić information content (AvgIpc) is 2.93. The van der Waals surface area contributed by atoms with Crippen LogP contribution in [0.4, 0.5) is 0 Å². The van der Waals surface area contributed by atoms with E-state index < -0.39 is 21.6 Å². The molecule has 1 unspecified atom stereocenters. The molecule has 1 N–H and O–H groups in total. The highest BCUT2D eigenvalue weighted by Crippen LogP contribution is 2.34. The first kappa shape index (κ1) is 17.0. The smallest absolute Gasteiger partial charge is 0.337 e. The van der Waals surface area contributed by atoms with Crippen LogP contribution in [0.3, 0.4) is 0 Å². The van der Waals surface area contributed by atoms with E-state index in [0.29, 0.717) is 5.02 Å². The maximum atomic E-state index is 12.7. The Balaban J connectivity index is 2.39. The number of hydrogen-bond acceptors (Lipinski definition) is 5. The Morgan fingerprint density at radius 1 is 1.41 bits per heavy atom. The normalized spacial score (nSPS) is 22.7. The highest BCUT2D eigenvalue weighted by atomic mass is 35.5. The van der Waals surface area contributed by atoms with Crippen molar-refractivity contribution in [2.45, 2.75) is 16.9 Å². The molecule has 1 saturated heterocycles. The van der Waals surface area contributed by atoms with Gasteiger partial charge in [0, 0.05) is 31.2 Å². The van der Waals surface area contributed by atoms with Crippen molar-refractivity contribution >= 4 is 27.6 Å². The first-order chi connectivity index (χ1) is 10.3. The fourth-order valence-corrected chi connectivity index (χ4v) is 4.16. The van der Waals surface area contributed by atoms with Crippen LogP contribution in [0.5, 0.6) is 5.75 Å². The summed E-state index contributed by atoms with van der Waals surface area (Å²) in [6, 6.07) is 4.17. The van der Waals surface area contributed by atoms with Gasteiger partial charge in [-0.1, -0.05) is 11.6 Å². The Hall–Kier alpha value is -1.35. The summed E-state index contributed by atoms with van der Waals surface area (Å²) in [5.41, 5.74) is -1.52. The van der Waals surface area contributed by atoms with E-state index in [1.54, 1.807) is 0 Å². The molecule has 0 aromatic heterocycles. The van der Waals surface area contributed by atoms with Gasteiger partial charge in [0.1, 0.15) is 10.6 Å². The van der Waals surface area contributed by atoms with Crippen LogP contribution < -0.4 is 4.74 Å². The van der Waals surface area contributed by atoms with Crippen LogP contribution >= 0.6 is 11.6 Å². The number of rotatable bonds is 5. The summed E-state index contributed by atoms with van der Waals surface area (Å²) in [6.07, 6.45) is 0.0773. The molecule has 1 aromatic rings. The minimum atomic E-state index is -3.91. The van der Waals surface area contributed by atoms with Crippen LogP contribution in [0.1, 0.15) is 6.42 Å². The highest BCUT2D eigenvalue weighted by Gasteiger charge is 2.49. The third-order valence-corrected chi connectivity index (χ3v) is 5.84. The lowest BCUT2D eigenvalue weighted by atomic mass is 10.0. The summed E-state index contributed by atoms with van der Waals surface area (Å²) in [5.74, 6) is -1.08. The van der Waals surface area contributed by atoms with Gasteiger partial charge < -0.3 is 14.6 Å². The zero-order valence-corrected chi connectivity index (χ0v) is 13.6. The lowest BCUT2D eigenvalue weighted by Gasteiger charge is -2.23. The van der Waals surface area contributed by atoms with Gasteiger partial charge in [-0.25, -0.2) is 13.2 Å². The van der Waals surface area contributed by atoms with E-state index >= 15 is 0 Å². The number of carboxylic acid groups (broad SMARTS) is 1. The Morgan fingerprint density at radius 3 is 2.59 bits per heavy atom. The second-order valence-corrected chi connectivity index (χ2v) is 7.23. The number of ether oxygens (including phenoxy) is 2. The molecule has 0 spiro atoms. The quantitative estimate of drug-likeness (QED) is 0.859. The predicted octanol–water partition coefficient (Wildman–Crippen LogP) is 1.21. The molecule has 122 valence electrons. The van der Waals surface area contributed by atoms with Gasteiger partial charge in [0.2, 0.25) is 10.0 Å². The Kier molecular flexibility index (Phi) is 4.67. The average molecular weight is 350 g/mol. The van der Waals surface area contributed by atoms with Crippen LogP contribution in [0.2, 0.25) is 5.02 Å². The molecule has 1 fully saturated rings. The van der Waals surface area contributed by atoms with Gasteiger partial charge in [-0.05, 0) is 12.1 Å². The van der Waals surface area contributed by atoms with Crippen molar-refractivity contribution in [3.8, 4) is 5.75 Å². The molecule has 1 atom stereocenters. The van der Waals surface area contributed by atoms with E-state index in [1.807, 2.05) is 0 Å². The van der Waals surface area contributed by atoms with E-state index in [1.165, 1.54) is 32.4 Å². The number of carbonyl (C=O) groups is 1. The van der Waals surface area contributed by atoms with Crippen LogP contribution in [0.25, 0.3) is 0 Å². The molecule has 0 aliphatic carbocycles. The predicted molar refractivity (Wildman–Crippen MR) is 78.8 cm³/mol. The zero-order chi connectivity index (χ0) is 16.5.